The summed E-state index contributed by atoms with van der Waals surface area (Å²) >= 11 is 0. The molecule has 3 aromatic carbocycles. The molecule has 0 aliphatic carbocycles. The van der Waals surface area contributed by atoms with E-state index in [-0.39, 0.29) is 0 Å². The Hall–Kier alpha value is -3.59. The first-order chi connectivity index (χ1) is 24.7. The Morgan fingerprint density at radius 2 is 0.680 bits per heavy atom. The third kappa shape index (κ3) is 19.0. The minimum absolute atomic E-state index is 0.692. The fraction of sp³-hybridized carbons (Fsp3) is 0.511. The molecule has 0 aliphatic rings. The van der Waals surface area contributed by atoms with E-state index in [4.69, 9.17) is 9.47 Å². The van der Waals surface area contributed by atoms with Gasteiger partial charge in [0.05, 0.1) is 13.2 Å². The highest BCUT2D eigenvalue weighted by Gasteiger charge is 2.04. The van der Waals surface area contributed by atoms with Gasteiger partial charge in [-0.15, -0.1) is 0 Å². The van der Waals surface area contributed by atoms with Crippen LogP contribution in [-0.4, -0.2) is 19.5 Å². The Morgan fingerprint density at radius 1 is 0.380 bits per heavy atom. The average molecular weight is 679 g/mol. The molecule has 0 aliphatic heterocycles. The zero-order valence-electron chi connectivity index (χ0n) is 31.5. The van der Waals surface area contributed by atoms with Crippen molar-refractivity contribution in [3.05, 3.63) is 94.5 Å². The van der Waals surface area contributed by atoms with Gasteiger partial charge in [-0.25, -0.2) is 0 Å². The zero-order valence-corrected chi connectivity index (χ0v) is 31.5. The van der Waals surface area contributed by atoms with Gasteiger partial charge in [0.1, 0.15) is 17.8 Å². The molecule has 0 aromatic heterocycles. The number of hydrogen-bond acceptors (Lipinski definition) is 3. The van der Waals surface area contributed by atoms with Gasteiger partial charge in [0.15, 0.2) is 0 Å². The Kier molecular flexibility index (Phi) is 22.2. The van der Waals surface area contributed by atoms with Gasteiger partial charge >= 0.3 is 0 Å². The van der Waals surface area contributed by atoms with Gasteiger partial charge in [0, 0.05) is 11.6 Å². The van der Waals surface area contributed by atoms with E-state index in [1.807, 2.05) is 24.3 Å². The maximum absolute atomic E-state index is 10.9. The van der Waals surface area contributed by atoms with E-state index in [9.17, 15) is 4.79 Å². The van der Waals surface area contributed by atoms with Crippen molar-refractivity contribution in [3.8, 4) is 11.5 Å². The highest BCUT2D eigenvalue weighted by molar-refractivity contribution is 5.77. The molecule has 272 valence electrons. The van der Waals surface area contributed by atoms with E-state index in [0.717, 1.165) is 66.1 Å². The second kappa shape index (κ2) is 27.2. The van der Waals surface area contributed by atoms with Crippen molar-refractivity contribution in [1.29, 1.82) is 0 Å². The van der Waals surface area contributed by atoms with Gasteiger partial charge in [0.2, 0.25) is 0 Å². The SMILES string of the molecule is CCCCCCCCCCCCOc1cc(/C=C/c2ccc(/C=C/c3ccc(C=O)cc3)cc2)cc(OCCCCCCCCCCCC)c1. The molecule has 0 unspecified atom stereocenters. The monoisotopic (exact) mass is 679 g/mol. The van der Waals surface area contributed by atoms with Crippen LogP contribution in [0.2, 0.25) is 0 Å². The zero-order chi connectivity index (χ0) is 35.3. The van der Waals surface area contributed by atoms with Gasteiger partial charge < -0.3 is 9.47 Å². The second-order valence-electron chi connectivity index (χ2n) is 13.9. The number of hydrogen-bond donors (Lipinski definition) is 0. The first-order valence-corrected chi connectivity index (χ1v) is 20.1. The van der Waals surface area contributed by atoms with Crippen molar-refractivity contribution in [1.82, 2.24) is 0 Å². The van der Waals surface area contributed by atoms with Crippen LogP contribution in [0.1, 0.15) is 175 Å². The molecular weight excluding hydrogens is 613 g/mol. The third-order valence-corrected chi connectivity index (χ3v) is 9.38. The fourth-order valence-electron chi connectivity index (χ4n) is 6.20. The summed E-state index contributed by atoms with van der Waals surface area (Å²) in [5, 5.41) is 0. The summed E-state index contributed by atoms with van der Waals surface area (Å²) in [4.78, 5) is 10.9. The average Bonchev–Trinajstić information content (AvgIpc) is 3.15. The van der Waals surface area contributed by atoms with E-state index < -0.39 is 0 Å². The molecule has 0 amide bonds. The summed E-state index contributed by atoms with van der Waals surface area (Å²) in [6, 6.07) is 22.5. The van der Waals surface area contributed by atoms with E-state index in [0.29, 0.717) is 5.56 Å². The lowest BCUT2D eigenvalue weighted by Gasteiger charge is -2.12. The summed E-state index contributed by atoms with van der Waals surface area (Å²) in [7, 11) is 0. The largest absolute Gasteiger partial charge is 0.493 e. The number of rotatable bonds is 29. The van der Waals surface area contributed by atoms with Crippen LogP contribution in [0.5, 0.6) is 11.5 Å². The minimum atomic E-state index is 0.692. The molecule has 3 rings (SSSR count). The van der Waals surface area contributed by atoms with Crippen LogP contribution in [0, 0.1) is 0 Å². The fourth-order valence-corrected chi connectivity index (χ4v) is 6.20. The number of aldehydes is 1. The van der Waals surface area contributed by atoms with Crippen LogP contribution in [0.3, 0.4) is 0 Å². The van der Waals surface area contributed by atoms with Crippen LogP contribution in [0.4, 0.5) is 0 Å². The summed E-state index contributed by atoms with van der Waals surface area (Å²) in [5.41, 5.74) is 5.12. The molecule has 0 radical (unpaired) electrons. The van der Waals surface area contributed by atoms with Crippen molar-refractivity contribution < 1.29 is 14.3 Å². The maximum Gasteiger partial charge on any atom is 0.150 e. The second-order valence-corrected chi connectivity index (χ2v) is 13.9. The Bertz CT molecular complexity index is 1290. The highest BCUT2D eigenvalue weighted by atomic mass is 16.5. The third-order valence-electron chi connectivity index (χ3n) is 9.38. The lowest BCUT2D eigenvalue weighted by atomic mass is 10.1. The molecular formula is C47H66O3. The lowest BCUT2D eigenvalue weighted by molar-refractivity contribution is 0.112. The maximum atomic E-state index is 10.9. The Morgan fingerprint density at radius 3 is 1.02 bits per heavy atom. The molecule has 0 saturated heterocycles. The minimum Gasteiger partial charge on any atom is -0.493 e. The van der Waals surface area contributed by atoms with Crippen molar-refractivity contribution in [2.45, 2.75) is 142 Å². The normalized spacial score (nSPS) is 11.5. The van der Waals surface area contributed by atoms with Crippen molar-refractivity contribution in [2.24, 2.45) is 0 Å². The number of carbonyl (C=O) groups is 1. The standard InChI is InChI=1S/C47H66O3/c1-3-5-7-9-11-13-15-17-19-21-35-49-46-37-45(38-47(39-46)50-36-22-20-18-16-14-12-10-8-6-4-2)34-31-42-26-23-41(24-27-42)25-28-43-29-32-44(40-48)33-30-43/h23-34,37-40H,3-22,35-36H2,1-2H3/b28-25+,34-31+. The van der Waals surface area contributed by atoms with Crippen LogP contribution < -0.4 is 9.47 Å². The van der Waals surface area contributed by atoms with Gasteiger partial charge in [0.25, 0.3) is 0 Å². The molecule has 0 saturated carbocycles. The molecule has 50 heavy (non-hydrogen) atoms. The summed E-state index contributed by atoms with van der Waals surface area (Å²) < 4.78 is 12.5. The number of unbranched alkanes of at least 4 members (excludes halogenated alkanes) is 18. The predicted molar refractivity (Wildman–Crippen MR) is 217 cm³/mol. The number of carbonyl (C=O) groups excluding carboxylic acids is 1. The molecule has 0 fully saturated rings. The van der Waals surface area contributed by atoms with E-state index in [2.05, 4.69) is 80.6 Å². The molecule has 3 nitrogen and oxygen atoms in total. The quantitative estimate of drug-likeness (QED) is 0.0416. The van der Waals surface area contributed by atoms with Crippen LogP contribution >= 0.6 is 0 Å². The molecule has 0 bridgehead atoms. The highest BCUT2D eigenvalue weighted by Crippen LogP contribution is 2.26. The van der Waals surface area contributed by atoms with Gasteiger partial charge in [-0.3, -0.25) is 4.79 Å². The molecule has 3 aromatic rings. The van der Waals surface area contributed by atoms with Gasteiger partial charge in [-0.2, -0.15) is 0 Å². The van der Waals surface area contributed by atoms with E-state index in [1.165, 1.54) is 116 Å². The Labute approximate surface area is 305 Å². The molecule has 0 spiro atoms. The smallest absolute Gasteiger partial charge is 0.150 e. The molecule has 0 heterocycles. The van der Waals surface area contributed by atoms with E-state index in [1.54, 1.807) is 0 Å². The molecule has 0 N–H and O–H groups in total. The van der Waals surface area contributed by atoms with Crippen molar-refractivity contribution in [2.75, 3.05) is 13.2 Å². The van der Waals surface area contributed by atoms with Crippen molar-refractivity contribution in [3.63, 3.8) is 0 Å². The first kappa shape index (κ1) is 40.8. The molecule has 0 atom stereocenters. The summed E-state index contributed by atoms with van der Waals surface area (Å²) in [6.07, 6.45) is 35.8. The first-order valence-electron chi connectivity index (χ1n) is 20.1. The number of ether oxygens (including phenoxy) is 2. The van der Waals surface area contributed by atoms with Gasteiger partial charge in [-0.1, -0.05) is 202 Å². The summed E-state index contributed by atoms with van der Waals surface area (Å²) in [5.74, 6) is 1.78. The van der Waals surface area contributed by atoms with Crippen LogP contribution in [-0.2, 0) is 0 Å². The van der Waals surface area contributed by atoms with Crippen LogP contribution in [0.15, 0.2) is 66.7 Å². The summed E-state index contributed by atoms with van der Waals surface area (Å²) in [6.45, 7) is 6.06. The van der Waals surface area contributed by atoms with Gasteiger partial charge in [-0.05, 0) is 47.2 Å². The van der Waals surface area contributed by atoms with E-state index >= 15 is 0 Å². The van der Waals surface area contributed by atoms with Crippen molar-refractivity contribution >= 4 is 30.6 Å². The van der Waals surface area contributed by atoms with Crippen LogP contribution in [0.25, 0.3) is 24.3 Å². The molecule has 3 heteroatoms. The predicted octanol–water partition coefficient (Wildman–Crippen LogP) is 14.4. The Balaban J connectivity index is 1.49. The lowest BCUT2D eigenvalue weighted by Crippen LogP contribution is -2.00. The number of benzene rings is 3. The topological polar surface area (TPSA) is 35.5 Å².